The predicted octanol–water partition coefficient (Wildman–Crippen LogP) is 4.63. The summed E-state index contributed by atoms with van der Waals surface area (Å²) >= 11 is 0. The number of fused-ring (bicyclic) bond motifs is 1. The molecule has 0 bridgehead atoms. The molecule has 8 nitrogen and oxygen atoms in total. The lowest BCUT2D eigenvalue weighted by atomic mass is 10.1. The van der Waals surface area contributed by atoms with Gasteiger partial charge in [0.1, 0.15) is 11.4 Å². The maximum absolute atomic E-state index is 12.5. The quantitative estimate of drug-likeness (QED) is 0.423. The smallest absolute Gasteiger partial charge is 0.344 e. The standard InChI is InChI=1S/C23H22N6O2.ClH/c1-4-31-21(30)18-19(15-8-6-5-7-9-15)27-23(28-20(18)24)29-22-25-14(3)16-12-13(2)10-11-17(16)26-22;/h5-12H,4H2,1-3H3,(H3,24,25,26,27,28,29);1H. The highest BCUT2D eigenvalue weighted by Gasteiger charge is 2.22. The Hall–Kier alpha value is -3.78. The van der Waals surface area contributed by atoms with Gasteiger partial charge in [-0.15, -0.1) is 12.4 Å². The molecule has 164 valence electrons. The maximum Gasteiger partial charge on any atom is 0.344 e. The number of nitrogens with one attached hydrogen (secondary N) is 1. The van der Waals surface area contributed by atoms with Crippen molar-refractivity contribution >= 4 is 47.0 Å². The van der Waals surface area contributed by atoms with Gasteiger partial charge >= 0.3 is 5.97 Å². The van der Waals surface area contributed by atoms with Gasteiger partial charge in [0.05, 0.1) is 23.5 Å². The van der Waals surface area contributed by atoms with E-state index in [1.807, 2.05) is 62.4 Å². The van der Waals surface area contributed by atoms with Crippen LogP contribution in [0.1, 0.15) is 28.5 Å². The fraction of sp³-hybridized carbons (Fsp3) is 0.174. The number of hydrogen-bond donors (Lipinski definition) is 2. The molecule has 4 aromatic rings. The van der Waals surface area contributed by atoms with Crippen LogP contribution in [0.15, 0.2) is 48.5 Å². The number of carbonyl (C=O) groups excluding carboxylic acids is 1. The Morgan fingerprint density at radius 3 is 2.44 bits per heavy atom. The minimum absolute atomic E-state index is 0. The lowest BCUT2D eigenvalue weighted by Gasteiger charge is -2.13. The average molecular weight is 451 g/mol. The Morgan fingerprint density at radius 1 is 1.00 bits per heavy atom. The number of halogens is 1. The van der Waals surface area contributed by atoms with Gasteiger partial charge in [0, 0.05) is 10.9 Å². The molecule has 0 aliphatic heterocycles. The second-order valence-electron chi connectivity index (χ2n) is 7.02. The number of nitrogen functional groups attached to an aromatic ring is 1. The van der Waals surface area contributed by atoms with E-state index in [0.717, 1.165) is 22.2 Å². The number of nitrogens with two attached hydrogens (primary N) is 1. The molecule has 0 spiro atoms. The average Bonchev–Trinajstić information content (AvgIpc) is 2.74. The molecule has 2 heterocycles. The molecule has 32 heavy (non-hydrogen) atoms. The van der Waals surface area contributed by atoms with E-state index in [2.05, 4.69) is 25.3 Å². The van der Waals surface area contributed by atoms with Gasteiger partial charge in [-0.25, -0.2) is 19.7 Å². The van der Waals surface area contributed by atoms with E-state index in [1.54, 1.807) is 6.92 Å². The number of aromatic nitrogens is 4. The Morgan fingerprint density at radius 2 is 1.72 bits per heavy atom. The van der Waals surface area contributed by atoms with Gasteiger partial charge in [-0.2, -0.15) is 4.98 Å². The molecular weight excluding hydrogens is 428 g/mol. The number of benzene rings is 2. The van der Waals surface area contributed by atoms with Crippen molar-refractivity contribution in [1.82, 2.24) is 19.9 Å². The number of esters is 1. The molecule has 2 aromatic heterocycles. The molecule has 0 amide bonds. The third-order valence-corrected chi connectivity index (χ3v) is 4.73. The molecule has 3 N–H and O–H groups in total. The van der Waals surface area contributed by atoms with Crippen molar-refractivity contribution in [3.63, 3.8) is 0 Å². The van der Waals surface area contributed by atoms with Crippen LogP contribution in [-0.2, 0) is 4.74 Å². The van der Waals surface area contributed by atoms with E-state index >= 15 is 0 Å². The zero-order chi connectivity index (χ0) is 22.0. The zero-order valence-corrected chi connectivity index (χ0v) is 18.7. The number of carbonyl (C=O) groups is 1. The highest BCUT2D eigenvalue weighted by Crippen LogP contribution is 2.28. The first-order valence-electron chi connectivity index (χ1n) is 9.88. The van der Waals surface area contributed by atoms with E-state index in [9.17, 15) is 4.79 Å². The monoisotopic (exact) mass is 450 g/mol. The predicted molar refractivity (Wildman–Crippen MR) is 127 cm³/mol. The van der Waals surface area contributed by atoms with Crippen molar-refractivity contribution in [1.29, 1.82) is 0 Å². The highest BCUT2D eigenvalue weighted by atomic mass is 35.5. The minimum Gasteiger partial charge on any atom is -0.462 e. The van der Waals surface area contributed by atoms with Crippen LogP contribution in [0.3, 0.4) is 0 Å². The van der Waals surface area contributed by atoms with Crippen molar-refractivity contribution in [2.24, 2.45) is 0 Å². The van der Waals surface area contributed by atoms with Crippen LogP contribution in [-0.4, -0.2) is 32.5 Å². The minimum atomic E-state index is -0.571. The van der Waals surface area contributed by atoms with E-state index < -0.39 is 5.97 Å². The van der Waals surface area contributed by atoms with Crippen molar-refractivity contribution in [2.75, 3.05) is 17.7 Å². The molecule has 0 unspecified atom stereocenters. The van der Waals surface area contributed by atoms with Gasteiger partial charge in [0.2, 0.25) is 11.9 Å². The topological polar surface area (TPSA) is 116 Å². The number of rotatable bonds is 5. The summed E-state index contributed by atoms with van der Waals surface area (Å²) in [5.74, 6) is -0.0204. The van der Waals surface area contributed by atoms with Crippen LogP contribution in [0.2, 0.25) is 0 Å². The Balaban J connectivity index is 0.00000289. The van der Waals surface area contributed by atoms with Crippen molar-refractivity contribution < 1.29 is 9.53 Å². The summed E-state index contributed by atoms with van der Waals surface area (Å²) in [5.41, 5.74) is 10.1. The second-order valence-corrected chi connectivity index (χ2v) is 7.02. The summed E-state index contributed by atoms with van der Waals surface area (Å²) in [5, 5.41) is 4.00. The number of hydrogen-bond acceptors (Lipinski definition) is 8. The fourth-order valence-electron chi connectivity index (χ4n) is 3.29. The van der Waals surface area contributed by atoms with Gasteiger partial charge < -0.3 is 10.5 Å². The molecule has 9 heteroatoms. The number of nitrogens with zero attached hydrogens (tertiary/aromatic N) is 4. The molecule has 4 rings (SSSR count). The van der Waals surface area contributed by atoms with E-state index in [-0.39, 0.29) is 36.3 Å². The molecule has 2 aromatic carbocycles. The van der Waals surface area contributed by atoms with Crippen LogP contribution in [0.4, 0.5) is 17.7 Å². The fourth-order valence-corrected chi connectivity index (χ4v) is 3.29. The lowest BCUT2D eigenvalue weighted by molar-refractivity contribution is 0.0528. The molecule has 0 fully saturated rings. The number of ether oxygens (including phenoxy) is 1. The molecule has 0 saturated heterocycles. The van der Waals surface area contributed by atoms with Crippen LogP contribution in [0, 0.1) is 13.8 Å². The van der Waals surface area contributed by atoms with Crippen molar-refractivity contribution in [2.45, 2.75) is 20.8 Å². The zero-order valence-electron chi connectivity index (χ0n) is 17.9. The summed E-state index contributed by atoms with van der Waals surface area (Å²) in [4.78, 5) is 30.4. The molecule has 0 saturated carbocycles. The molecule has 0 atom stereocenters. The Bertz CT molecular complexity index is 1280. The highest BCUT2D eigenvalue weighted by molar-refractivity contribution is 6.00. The summed E-state index contributed by atoms with van der Waals surface area (Å²) in [6.45, 7) is 5.89. The van der Waals surface area contributed by atoms with Crippen LogP contribution in [0.25, 0.3) is 22.2 Å². The largest absolute Gasteiger partial charge is 0.462 e. The first-order chi connectivity index (χ1) is 15.0. The van der Waals surface area contributed by atoms with E-state index in [1.165, 1.54) is 0 Å². The van der Waals surface area contributed by atoms with Gasteiger partial charge in [-0.3, -0.25) is 5.32 Å². The second kappa shape index (κ2) is 9.57. The van der Waals surface area contributed by atoms with Gasteiger partial charge in [0.15, 0.2) is 0 Å². The van der Waals surface area contributed by atoms with Crippen molar-refractivity contribution in [3.05, 3.63) is 65.4 Å². The normalized spacial score (nSPS) is 10.5. The molecule has 0 aliphatic rings. The first kappa shape index (κ1) is 22.9. The Labute approximate surface area is 191 Å². The molecule has 0 radical (unpaired) electrons. The third-order valence-electron chi connectivity index (χ3n) is 4.73. The van der Waals surface area contributed by atoms with Crippen LogP contribution < -0.4 is 11.1 Å². The van der Waals surface area contributed by atoms with Crippen LogP contribution in [0.5, 0.6) is 0 Å². The van der Waals surface area contributed by atoms with Crippen molar-refractivity contribution in [3.8, 4) is 11.3 Å². The third kappa shape index (κ3) is 4.60. The van der Waals surface area contributed by atoms with E-state index in [4.69, 9.17) is 10.5 Å². The molecule has 0 aliphatic carbocycles. The Kier molecular flexibility index (Phi) is 6.85. The summed E-state index contributed by atoms with van der Waals surface area (Å²) in [6, 6.07) is 15.3. The van der Waals surface area contributed by atoms with Gasteiger partial charge in [-0.1, -0.05) is 42.0 Å². The van der Waals surface area contributed by atoms with E-state index in [0.29, 0.717) is 17.2 Å². The van der Waals surface area contributed by atoms with Gasteiger partial charge in [-0.05, 0) is 32.9 Å². The maximum atomic E-state index is 12.5. The number of anilines is 3. The summed E-state index contributed by atoms with van der Waals surface area (Å²) in [6.07, 6.45) is 0. The van der Waals surface area contributed by atoms with Crippen LogP contribution >= 0.6 is 12.4 Å². The lowest BCUT2D eigenvalue weighted by Crippen LogP contribution is -2.14. The number of aryl methyl sites for hydroxylation is 2. The SMILES string of the molecule is CCOC(=O)c1c(N)nc(Nc2nc(C)c3cc(C)ccc3n2)nc1-c1ccccc1.Cl. The van der Waals surface area contributed by atoms with Gasteiger partial charge in [0.25, 0.3) is 0 Å². The molecular formula is C23H23ClN6O2. The summed E-state index contributed by atoms with van der Waals surface area (Å²) < 4.78 is 5.16. The summed E-state index contributed by atoms with van der Waals surface area (Å²) in [7, 11) is 0. The first-order valence-corrected chi connectivity index (χ1v) is 9.88.